The van der Waals surface area contributed by atoms with Crippen molar-refractivity contribution < 1.29 is 9.53 Å². The van der Waals surface area contributed by atoms with Crippen LogP contribution in [0.5, 0.6) is 0 Å². The molecule has 1 aromatic carbocycles. The second-order valence-corrected chi connectivity index (χ2v) is 8.24. The normalized spacial score (nSPS) is 20.9. The Labute approximate surface area is 167 Å². The minimum absolute atomic E-state index is 0.127. The zero-order valence-corrected chi connectivity index (χ0v) is 17.0. The fraction of sp³-hybridized carbons (Fsp3) is 0.444. The predicted octanol–water partition coefficient (Wildman–Crippen LogP) is 4.24. The van der Waals surface area contributed by atoms with Crippen LogP contribution in [0.4, 0.5) is 5.13 Å². The van der Waals surface area contributed by atoms with Gasteiger partial charge in [0, 0.05) is 25.0 Å². The molecule has 0 bridgehead atoms. The van der Waals surface area contributed by atoms with Crippen molar-refractivity contribution in [2.75, 3.05) is 18.4 Å². The van der Waals surface area contributed by atoms with Crippen LogP contribution >= 0.6 is 34.5 Å². The van der Waals surface area contributed by atoms with Gasteiger partial charge in [-0.3, -0.25) is 9.69 Å². The molecule has 0 spiro atoms. The molecule has 1 aliphatic heterocycles. The van der Waals surface area contributed by atoms with Crippen molar-refractivity contribution in [1.29, 1.82) is 0 Å². The largest absolute Gasteiger partial charge is 0.373 e. The zero-order chi connectivity index (χ0) is 18.7. The first kappa shape index (κ1) is 19.6. The molecule has 5 nitrogen and oxygen atoms in total. The second kappa shape index (κ2) is 8.67. The summed E-state index contributed by atoms with van der Waals surface area (Å²) in [5, 5.41) is 6.37. The van der Waals surface area contributed by atoms with E-state index in [4.69, 9.17) is 27.9 Å². The Hall–Kier alpha value is -1.18. The van der Waals surface area contributed by atoms with Gasteiger partial charge in [0.05, 0.1) is 34.4 Å². The summed E-state index contributed by atoms with van der Waals surface area (Å²) in [4.78, 5) is 19.1. The molecule has 1 saturated heterocycles. The van der Waals surface area contributed by atoms with E-state index in [1.54, 1.807) is 18.2 Å². The van der Waals surface area contributed by atoms with Crippen LogP contribution in [0.25, 0.3) is 0 Å². The van der Waals surface area contributed by atoms with Crippen LogP contribution in [0.15, 0.2) is 23.6 Å². The lowest BCUT2D eigenvalue weighted by Crippen LogP contribution is -2.44. The highest BCUT2D eigenvalue weighted by Gasteiger charge is 2.22. The van der Waals surface area contributed by atoms with Crippen LogP contribution < -0.4 is 5.32 Å². The first-order chi connectivity index (χ1) is 12.4. The third kappa shape index (κ3) is 5.41. The smallest absolute Gasteiger partial charge is 0.230 e. The Bertz CT molecular complexity index is 774. The van der Waals surface area contributed by atoms with Crippen molar-refractivity contribution >= 4 is 45.6 Å². The molecule has 140 valence electrons. The zero-order valence-electron chi connectivity index (χ0n) is 14.7. The predicted molar refractivity (Wildman–Crippen MR) is 106 cm³/mol. The Morgan fingerprint density at radius 1 is 1.31 bits per heavy atom. The number of halogens is 2. The van der Waals surface area contributed by atoms with Crippen LogP contribution in [0.1, 0.15) is 25.1 Å². The first-order valence-corrected chi connectivity index (χ1v) is 10.1. The van der Waals surface area contributed by atoms with Gasteiger partial charge in [0.2, 0.25) is 5.91 Å². The summed E-state index contributed by atoms with van der Waals surface area (Å²) < 4.78 is 5.75. The highest BCUT2D eigenvalue weighted by atomic mass is 35.5. The maximum atomic E-state index is 12.2. The van der Waals surface area contributed by atoms with E-state index in [2.05, 4.69) is 29.0 Å². The molecule has 2 heterocycles. The van der Waals surface area contributed by atoms with Gasteiger partial charge in [-0.2, -0.15) is 0 Å². The van der Waals surface area contributed by atoms with E-state index < -0.39 is 0 Å². The number of nitrogens with zero attached hydrogens (tertiary/aromatic N) is 2. The van der Waals surface area contributed by atoms with E-state index in [1.807, 2.05) is 5.38 Å². The van der Waals surface area contributed by atoms with Crippen LogP contribution in [-0.4, -0.2) is 41.1 Å². The molecule has 2 aromatic rings. The lowest BCUT2D eigenvalue weighted by atomic mass is 10.1. The van der Waals surface area contributed by atoms with Gasteiger partial charge in [-0.25, -0.2) is 4.98 Å². The average Bonchev–Trinajstić information content (AvgIpc) is 2.96. The van der Waals surface area contributed by atoms with E-state index >= 15 is 0 Å². The number of carbonyl (C=O) groups is 1. The summed E-state index contributed by atoms with van der Waals surface area (Å²) >= 11 is 13.3. The molecule has 2 unspecified atom stereocenters. The third-order valence-corrected chi connectivity index (χ3v) is 5.57. The van der Waals surface area contributed by atoms with E-state index in [-0.39, 0.29) is 24.5 Å². The average molecular weight is 414 g/mol. The molecule has 0 radical (unpaired) electrons. The Balaban J connectivity index is 1.54. The fourth-order valence-electron chi connectivity index (χ4n) is 3.08. The number of benzene rings is 1. The molecule has 8 heteroatoms. The number of carbonyl (C=O) groups excluding carboxylic acids is 1. The number of aromatic nitrogens is 1. The number of anilines is 1. The van der Waals surface area contributed by atoms with Crippen LogP contribution in [0.3, 0.4) is 0 Å². The SMILES string of the molecule is CC1CN(Cc2csc(NC(=O)Cc3ccc(Cl)c(Cl)c3)n2)CC(C)O1. The Kier molecular flexibility index (Phi) is 6.53. The van der Waals surface area contributed by atoms with Gasteiger partial charge in [0.25, 0.3) is 0 Å². The van der Waals surface area contributed by atoms with Gasteiger partial charge in [-0.15, -0.1) is 11.3 Å². The molecule has 1 aromatic heterocycles. The summed E-state index contributed by atoms with van der Waals surface area (Å²) in [7, 11) is 0. The first-order valence-electron chi connectivity index (χ1n) is 8.45. The van der Waals surface area contributed by atoms with E-state index in [0.717, 1.165) is 30.9 Å². The highest BCUT2D eigenvalue weighted by molar-refractivity contribution is 7.13. The van der Waals surface area contributed by atoms with E-state index in [9.17, 15) is 4.79 Å². The molecule has 1 fully saturated rings. The fourth-order valence-corrected chi connectivity index (χ4v) is 4.12. The maximum absolute atomic E-state index is 12.2. The van der Waals surface area contributed by atoms with Crippen LogP contribution in [0.2, 0.25) is 10.0 Å². The third-order valence-electron chi connectivity index (χ3n) is 4.03. The molecular formula is C18H21Cl2N3O2S. The molecule has 26 heavy (non-hydrogen) atoms. The van der Waals surface area contributed by atoms with E-state index in [1.165, 1.54) is 11.3 Å². The van der Waals surface area contributed by atoms with Gasteiger partial charge in [-0.05, 0) is 31.5 Å². The topological polar surface area (TPSA) is 54.5 Å². The van der Waals surface area contributed by atoms with Gasteiger partial charge in [-0.1, -0.05) is 29.3 Å². The number of morpholine rings is 1. The van der Waals surface area contributed by atoms with Crippen molar-refractivity contribution in [2.24, 2.45) is 0 Å². The standard InChI is InChI=1S/C18H21Cl2N3O2S/c1-11-7-23(8-12(2)25-11)9-14-10-26-18(21-14)22-17(24)6-13-3-4-15(19)16(20)5-13/h3-5,10-12H,6-9H2,1-2H3,(H,21,22,24). The number of hydrogen-bond acceptors (Lipinski definition) is 5. The molecule has 1 N–H and O–H groups in total. The summed E-state index contributed by atoms with van der Waals surface area (Å²) in [6, 6.07) is 5.19. The van der Waals surface area contributed by atoms with Gasteiger partial charge in [0.15, 0.2) is 5.13 Å². The maximum Gasteiger partial charge on any atom is 0.230 e. The molecule has 0 saturated carbocycles. The Morgan fingerprint density at radius 3 is 2.73 bits per heavy atom. The summed E-state index contributed by atoms with van der Waals surface area (Å²) in [5.74, 6) is -0.127. The lowest BCUT2D eigenvalue weighted by Gasteiger charge is -2.34. The summed E-state index contributed by atoms with van der Waals surface area (Å²) in [6.07, 6.45) is 0.676. The van der Waals surface area contributed by atoms with Crippen molar-refractivity contribution in [2.45, 2.75) is 39.0 Å². The van der Waals surface area contributed by atoms with Crippen molar-refractivity contribution in [3.8, 4) is 0 Å². The summed E-state index contributed by atoms with van der Waals surface area (Å²) in [5.41, 5.74) is 1.77. The van der Waals surface area contributed by atoms with Crippen LogP contribution in [0, 0.1) is 0 Å². The molecule has 2 atom stereocenters. The quantitative estimate of drug-likeness (QED) is 0.795. The molecule has 0 aliphatic carbocycles. The number of rotatable bonds is 5. The van der Waals surface area contributed by atoms with E-state index in [0.29, 0.717) is 15.2 Å². The Morgan fingerprint density at radius 2 is 2.04 bits per heavy atom. The molecule has 1 aliphatic rings. The molecular weight excluding hydrogens is 393 g/mol. The van der Waals surface area contributed by atoms with Crippen molar-refractivity contribution in [1.82, 2.24) is 9.88 Å². The molecule has 1 amide bonds. The van der Waals surface area contributed by atoms with Gasteiger partial charge < -0.3 is 10.1 Å². The number of thiazole rings is 1. The lowest BCUT2D eigenvalue weighted by molar-refractivity contribution is -0.115. The highest BCUT2D eigenvalue weighted by Crippen LogP contribution is 2.23. The molecule has 3 rings (SSSR count). The minimum Gasteiger partial charge on any atom is -0.373 e. The second-order valence-electron chi connectivity index (χ2n) is 6.57. The van der Waals surface area contributed by atoms with Crippen molar-refractivity contribution in [3.63, 3.8) is 0 Å². The number of hydrogen-bond donors (Lipinski definition) is 1. The van der Waals surface area contributed by atoms with Crippen LogP contribution in [-0.2, 0) is 22.5 Å². The minimum atomic E-state index is -0.127. The van der Waals surface area contributed by atoms with Gasteiger partial charge in [0.1, 0.15) is 0 Å². The number of amides is 1. The van der Waals surface area contributed by atoms with Crippen molar-refractivity contribution in [3.05, 3.63) is 44.9 Å². The number of nitrogens with one attached hydrogen (secondary N) is 1. The number of ether oxygens (including phenoxy) is 1. The monoisotopic (exact) mass is 413 g/mol. The van der Waals surface area contributed by atoms with Gasteiger partial charge >= 0.3 is 0 Å². The summed E-state index contributed by atoms with van der Waals surface area (Å²) in [6.45, 7) is 6.70.